The van der Waals surface area contributed by atoms with Crippen molar-refractivity contribution in [2.75, 3.05) is 32.6 Å². The summed E-state index contributed by atoms with van der Waals surface area (Å²) < 4.78 is 16.1. The molecule has 1 N–H and O–H groups in total. The molecule has 2 heterocycles. The number of ether oxygens (including phenoxy) is 2. The van der Waals surface area contributed by atoms with Gasteiger partial charge in [0, 0.05) is 30.3 Å². The van der Waals surface area contributed by atoms with E-state index >= 15 is 0 Å². The fourth-order valence-corrected chi connectivity index (χ4v) is 3.51. The van der Waals surface area contributed by atoms with Crippen LogP contribution in [0.25, 0.3) is 0 Å². The molecule has 4 rings (SSSR count). The summed E-state index contributed by atoms with van der Waals surface area (Å²) >= 11 is 0. The van der Waals surface area contributed by atoms with Gasteiger partial charge in [-0.1, -0.05) is 5.16 Å². The fourth-order valence-electron chi connectivity index (χ4n) is 3.51. The molecule has 1 aromatic carbocycles. The second kappa shape index (κ2) is 7.53. The molecule has 7 nitrogen and oxygen atoms in total. The Morgan fingerprint density at radius 1 is 1.19 bits per heavy atom. The fraction of sp³-hybridized carbons (Fsp3) is 0.579. The SMILES string of the molecule is COc1ccc(NC2CCCN(Cc3noc(C4CC4)n3)C2)cc1OC. The van der Waals surface area contributed by atoms with Crippen LogP contribution in [0.4, 0.5) is 5.69 Å². The minimum atomic E-state index is 0.386. The molecule has 1 saturated carbocycles. The van der Waals surface area contributed by atoms with Gasteiger partial charge >= 0.3 is 0 Å². The summed E-state index contributed by atoms with van der Waals surface area (Å²) in [4.78, 5) is 6.94. The summed E-state index contributed by atoms with van der Waals surface area (Å²) in [5, 5.41) is 7.76. The number of nitrogens with zero attached hydrogens (tertiary/aromatic N) is 3. The Morgan fingerprint density at radius 2 is 2.04 bits per heavy atom. The smallest absolute Gasteiger partial charge is 0.229 e. The Labute approximate surface area is 153 Å². The standard InChI is InChI=1S/C19H26N4O3/c1-24-16-8-7-14(10-17(16)25-2)20-15-4-3-9-23(11-15)12-18-21-19(26-22-18)13-5-6-13/h7-8,10,13,15,20H,3-6,9,11-12H2,1-2H3. The number of nitrogens with one attached hydrogen (secondary N) is 1. The van der Waals surface area contributed by atoms with Crippen LogP contribution in [-0.2, 0) is 6.54 Å². The minimum absolute atomic E-state index is 0.386. The molecular weight excluding hydrogens is 332 g/mol. The highest BCUT2D eigenvalue weighted by molar-refractivity contribution is 5.55. The number of aromatic nitrogens is 2. The quantitative estimate of drug-likeness (QED) is 0.815. The van der Waals surface area contributed by atoms with Crippen LogP contribution in [0.3, 0.4) is 0 Å². The Morgan fingerprint density at radius 3 is 2.81 bits per heavy atom. The van der Waals surface area contributed by atoms with Crippen LogP contribution in [0.2, 0.25) is 0 Å². The first-order valence-electron chi connectivity index (χ1n) is 9.28. The van der Waals surface area contributed by atoms with Gasteiger partial charge in [-0.3, -0.25) is 4.90 Å². The maximum absolute atomic E-state index is 5.39. The van der Waals surface area contributed by atoms with Gasteiger partial charge in [-0.25, -0.2) is 0 Å². The molecule has 2 fully saturated rings. The van der Waals surface area contributed by atoms with E-state index in [1.165, 1.54) is 12.8 Å². The van der Waals surface area contributed by atoms with Crippen molar-refractivity contribution >= 4 is 5.69 Å². The van der Waals surface area contributed by atoms with Crippen molar-refractivity contribution < 1.29 is 14.0 Å². The number of piperidine rings is 1. The Hall–Kier alpha value is -2.28. The Balaban J connectivity index is 1.35. The summed E-state index contributed by atoms with van der Waals surface area (Å²) in [5.41, 5.74) is 1.05. The van der Waals surface area contributed by atoms with Gasteiger partial charge in [-0.2, -0.15) is 4.98 Å². The van der Waals surface area contributed by atoms with E-state index in [1.54, 1.807) is 14.2 Å². The van der Waals surface area contributed by atoms with E-state index in [-0.39, 0.29) is 0 Å². The maximum Gasteiger partial charge on any atom is 0.229 e. The van der Waals surface area contributed by atoms with Gasteiger partial charge in [0.1, 0.15) is 0 Å². The molecule has 0 bridgehead atoms. The molecule has 1 unspecified atom stereocenters. The number of likely N-dealkylation sites (tertiary alicyclic amines) is 1. The third-order valence-electron chi connectivity index (χ3n) is 5.04. The molecule has 7 heteroatoms. The first-order chi connectivity index (χ1) is 12.7. The van der Waals surface area contributed by atoms with E-state index in [2.05, 4.69) is 20.4 Å². The van der Waals surface area contributed by atoms with Crippen LogP contribution in [-0.4, -0.2) is 48.4 Å². The molecule has 1 atom stereocenters. The Bertz CT molecular complexity index is 744. The van der Waals surface area contributed by atoms with Crippen LogP contribution in [0.1, 0.15) is 43.3 Å². The third kappa shape index (κ3) is 3.93. The molecule has 26 heavy (non-hydrogen) atoms. The zero-order valence-corrected chi connectivity index (χ0v) is 15.4. The zero-order chi connectivity index (χ0) is 17.9. The van der Waals surface area contributed by atoms with E-state index in [0.29, 0.717) is 12.0 Å². The van der Waals surface area contributed by atoms with Gasteiger partial charge in [0.2, 0.25) is 5.89 Å². The molecule has 2 aromatic rings. The van der Waals surface area contributed by atoms with Crippen molar-refractivity contribution in [2.45, 2.75) is 44.2 Å². The van der Waals surface area contributed by atoms with Crippen LogP contribution in [0.5, 0.6) is 11.5 Å². The van der Waals surface area contributed by atoms with E-state index in [4.69, 9.17) is 14.0 Å². The second-order valence-corrected chi connectivity index (χ2v) is 7.11. The van der Waals surface area contributed by atoms with Gasteiger partial charge in [-0.15, -0.1) is 0 Å². The molecule has 140 valence electrons. The molecule has 1 aliphatic carbocycles. The molecule has 2 aliphatic rings. The van der Waals surface area contributed by atoms with E-state index < -0.39 is 0 Å². The lowest BCUT2D eigenvalue weighted by Crippen LogP contribution is -2.41. The van der Waals surface area contributed by atoms with E-state index in [1.807, 2.05) is 18.2 Å². The molecule has 1 aliphatic heterocycles. The predicted octanol–water partition coefficient (Wildman–Crippen LogP) is 3.04. The van der Waals surface area contributed by atoms with Crippen molar-refractivity contribution in [3.05, 3.63) is 29.9 Å². The number of rotatable bonds is 7. The molecule has 0 radical (unpaired) electrons. The van der Waals surface area contributed by atoms with Crippen molar-refractivity contribution in [1.29, 1.82) is 0 Å². The summed E-state index contributed by atoms with van der Waals surface area (Å²) in [6.45, 7) is 2.78. The number of hydrogen-bond donors (Lipinski definition) is 1. The van der Waals surface area contributed by atoms with Crippen LogP contribution in [0, 0.1) is 0 Å². The summed E-state index contributed by atoms with van der Waals surface area (Å²) in [6, 6.07) is 6.33. The molecule has 0 amide bonds. The zero-order valence-electron chi connectivity index (χ0n) is 15.4. The highest BCUT2D eigenvalue weighted by Crippen LogP contribution is 2.39. The van der Waals surface area contributed by atoms with Gasteiger partial charge in [0.25, 0.3) is 0 Å². The van der Waals surface area contributed by atoms with Crippen LogP contribution in [0.15, 0.2) is 22.7 Å². The second-order valence-electron chi connectivity index (χ2n) is 7.11. The first-order valence-corrected chi connectivity index (χ1v) is 9.28. The van der Waals surface area contributed by atoms with E-state index in [9.17, 15) is 0 Å². The van der Waals surface area contributed by atoms with Gasteiger partial charge in [0.15, 0.2) is 17.3 Å². The molecule has 0 spiro atoms. The minimum Gasteiger partial charge on any atom is -0.493 e. The monoisotopic (exact) mass is 358 g/mol. The summed E-state index contributed by atoms with van der Waals surface area (Å²) in [5.74, 6) is 3.62. The van der Waals surface area contributed by atoms with Gasteiger partial charge in [-0.05, 0) is 44.4 Å². The average molecular weight is 358 g/mol. The maximum atomic E-state index is 5.39. The number of hydrogen-bond acceptors (Lipinski definition) is 7. The molecule has 1 aromatic heterocycles. The lowest BCUT2D eigenvalue weighted by molar-refractivity contribution is 0.201. The lowest BCUT2D eigenvalue weighted by atomic mass is 10.1. The van der Waals surface area contributed by atoms with Crippen LogP contribution >= 0.6 is 0 Å². The van der Waals surface area contributed by atoms with Crippen LogP contribution < -0.4 is 14.8 Å². The third-order valence-corrected chi connectivity index (χ3v) is 5.04. The van der Waals surface area contributed by atoms with Gasteiger partial charge < -0.3 is 19.3 Å². The number of benzene rings is 1. The largest absolute Gasteiger partial charge is 0.493 e. The molecule has 1 saturated heterocycles. The summed E-state index contributed by atoms with van der Waals surface area (Å²) in [7, 11) is 3.31. The lowest BCUT2D eigenvalue weighted by Gasteiger charge is -2.33. The summed E-state index contributed by atoms with van der Waals surface area (Å²) in [6.07, 6.45) is 4.66. The highest BCUT2D eigenvalue weighted by atomic mass is 16.5. The molecular formula is C19H26N4O3. The first kappa shape index (κ1) is 17.1. The van der Waals surface area contributed by atoms with Crippen molar-refractivity contribution in [1.82, 2.24) is 15.0 Å². The average Bonchev–Trinajstić information content (AvgIpc) is 3.41. The van der Waals surface area contributed by atoms with Crippen molar-refractivity contribution in [2.24, 2.45) is 0 Å². The van der Waals surface area contributed by atoms with Crippen molar-refractivity contribution in [3.8, 4) is 11.5 Å². The predicted molar refractivity (Wildman–Crippen MR) is 97.7 cm³/mol. The number of anilines is 1. The van der Waals surface area contributed by atoms with Gasteiger partial charge in [0.05, 0.1) is 20.8 Å². The topological polar surface area (TPSA) is 72.7 Å². The normalized spacial score (nSPS) is 20.8. The van der Waals surface area contributed by atoms with Crippen molar-refractivity contribution in [3.63, 3.8) is 0 Å². The highest BCUT2D eigenvalue weighted by Gasteiger charge is 2.30. The van der Waals surface area contributed by atoms with E-state index in [0.717, 1.165) is 61.4 Å². The number of methoxy groups -OCH3 is 2. The Kier molecular flexibility index (Phi) is 4.97.